The molecular weight excluding hydrogens is 418 g/mol. The molecule has 2 N–H and O–H groups in total. The van der Waals surface area contributed by atoms with Gasteiger partial charge < -0.3 is 19.9 Å². The number of rotatable bonds is 5. The van der Waals surface area contributed by atoms with Crippen molar-refractivity contribution in [3.63, 3.8) is 0 Å². The number of nitrogens with one attached hydrogen (secondary N) is 2. The lowest BCUT2D eigenvalue weighted by Crippen LogP contribution is -2.20. The Morgan fingerprint density at radius 1 is 1.15 bits per heavy atom. The predicted octanol–water partition coefficient (Wildman–Crippen LogP) is 4.38. The second-order valence-corrected chi connectivity index (χ2v) is 7.44. The van der Waals surface area contributed by atoms with Crippen LogP contribution in [0.2, 0.25) is 0 Å². The number of hydrogen-bond acceptors (Lipinski definition) is 4. The molecule has 0 saturated heterocycles. The number of amides is 2. The first-order valence-corrected chi connectivity index (χ1v) is 10.8. The number of para-hydroxylation sites is 2. The normalized spacial score (nSPS) is 12.6. The highest BCUT2D eigenvalue weighted by molar-refractivity contribution is 6.35. The number of anilines is 1. The third-order valence-corrected chi connectivity index (χ3v) is 4.94. The minimum atomic E-state index is -0.0378. The highest BCUT2D eigenvalue weighted by atomic mass is 16.5. The first-order valence-electron chi connectivity index (χ1n) is 10.8. The van der Waals surface area contributed by atoms with Crippen LogP contribution in [0.1, 0.15) is 37.8 Å². The Hall–Kier alpha value is -3.87. The highest BCUT2D eigenvalue weighted by Gasteiger charge is 2.23. The summed E-state index contributed by atoms with van der Waals surface area (Å²) in [5.41, 5.74) is 4.80. The molecule has 0 bridgehead atoms. The zero-order valence-corrected chi connectivity index (χ0v) is 19.6. The number of carbonyl (C=O) groups is 3. The zero-order valence-electron chi connectivity index (χ0n) is 19.6. The van der Waals surface area contributed by atoms with Crippen molar-refractivity contribution in [1.82, 2.24) is 9.88 Å². The molecule has 0 radical (unpaired) electrons. The number of methoxy groups -OCH3 is 1. The van der Waals surface area contributed by atoms with E-state index in [9.17, 15) is 9.59 Å². The fourth-order valence-corrected chi connectivity index (χ4v) is 3.37. The van der Waals surface area contributed by atoms with Gasteiger partial charge in [0.25, 0.3) is 12.4 Å². The van der Waals surface area contributed by atoms with Crippen LogP contribution in [0.4, 0.5) is 5.69 Å². The number of benzene rings is 2. The number of ether oxygens (including phenoxy) is 1. The van der Waals surface area contributed by atoms with Crippen LogP contribution in [-0.2, 0) is 26.2 Å². The molecule has 7 nitrogen and oxygen atoms in total. The van der Waals surface area contributed by atoms with Gasteiger partial charge in [-0.25, -0.2) is 0 Å². The summed E-state index contributed by atoms with van der Waals surface area (Å²) in [6, 6.07) is 16.0. The maximum Gasteiger partial charge on any atom is 0.292 e. The molecule has 1 aliphatic heterocycles. The minimum absolute atomic E-state index is 0.0378. The van der Waals surface area contributed by atoms with Gasteiger partial charge in [-0.3, -0.25) is 14.4 Å². The molecule has 3 aromatic rings. The quantitative estimate of drug-likeness (QED) is 0.344. The van der Waals surface area contributed by atoms with Gasteiger partial charge in [0.15, 0.2) is 0 Å². The summed E-state index contributed by atoms with van der Waals surface area (Å²) in [5.74, 6) is 0.0302. The van der Waals surface area contributed by atoms with E-state index in [0.717, 1.165) is 52.7 Å². The second kappa shape index (κ2) is 12.9. The fraction of sp³-hybridized carbons (Fsp3) is 0.269. The van der Waals surface area contributed by atoms with Gasteiger partial charge in [-0.1, -0.05) is 49.7 Å². The van der Waals surface area contributed by atoms with E-state index >= 15 is 0 Å². The molecule has 2 aromatic carbocycles. The molecule has 7 heteroatoms. The van der Waals surface area contributed by atoms with E-state index < -0.39 is 0 Å². The van der Waals surface area contributed by atoms with Crippen LogP contribution in [0.15, 0.2) is 54.7 Å². The molecule has 2 heterocycles. The number of nitrogens with zero attached hydrogens (tertiary/aromatic N) is 1. The summed E-state index contributed by atoms with van der Waals surface area (Å²) in [5, 5.41) is 6.77. The summed E-state index contributed by atoms with van der Waals surface area (Å²) in [6.45, 7) is 4.84. The Kier molecular flexibility index (Phi) is 9.89. The van der Waals surface area contributed by atoms with Gasteiger partial charge in [0.05, 0.1) is 7.11 Å². The van der Waals surface area contributed by atoms with Gasteiger partial charge in [-0.2, -0.15) is 0 Å². The minimum Gasteiger partial charge on any atom is -0.471 e. The van der Waals surface area contributed by atoms with Crippen molar-refractivity contribution in [2.75, 3.05) is 19.0 Å². The van der Waals surface area contributed by atoms with Gasteiger partial charge in [0.1, 0.15) is 0 Å². The van der Waals surface area contributed by atoms with Crippen molar-refractivity contribution in [2.24, 2.45) is 7.05 Å². The van der Waals surface area contributed by atoms with E-state index in [1.807, 2.05) is 49.5 Å². The molecular formula is C26H31N3O4. The average molecular weight is 450 g/mol. The van der Waals surface area contributed by atoms with Crippen LogP contribution in [0, 0.1) is 0 Å². The predicted molar refractivity (Wildman–Crippen MR) is 133 cm³/mol. The standard InChI is InChI=1S/C18H14N2O.C6H13NO.C2H4O2/c1-20-11-12(13-6-3-5-9-17(13)20)10-15-14-7-2-4-8-16(14)19-18(15)21;1-3-4-5-7-6(2)8;1-4-2-3/h2-11H,1H3,(H,19,21);3-5H2,1-2H3,(H,7,8);2H,1H3/b15-10-;;. The van der Waals surface area contributed by atoms with Crippen LogP contribution in [0.3, 0.4) is 0 Å². The van der Waals surface area contributed by atoms with Crippen LogP contribution in [-0.4, -0.2) is 36.5 Å². The molecule has 0 aliphatic carbocycles. The highest BCUT2D eigenvalue weighted by Crippen LogP contribution is 2.34. The van der Waals surface area contributed by atoms with Crippen LogP contribution < -0.4 is 10.6 Å². The maximum absolute atomic E-state index is 12.2. The Balaban J connectivity index is 0.000000270. The number of hydrogen-bond donors (Lipinski definition) is 2. The lowest BCUT2D eigenvalue weighted by atomic mass is 10.0. The zero-order chi connectivity index (χ0) is 24.2. The first-order chi connectivity index (χ1) is 15.9. The van der Waals surface area contributed by atoms with Gasteiger partial charge >= 0.3 is 0 Å². The van der Waals surface area contributed by atoms with Crippen molar-refractivity contribution in [3.8, 4) is 0 Å². The average Bonchev–Trinajstić information content (AvgIpc) is 3.31. The Labute approximate surface area is 194 Å². The Bertz CT molecular complexity index is 1130. The molecule has 33 heavy (non-hydrogen) atoms. The van der Waals surface area contributed by atoms with Crippen molar-refractivity contribution in [2.45, 2.75) is 26.7 Å². The summed E-state index contributed by atoms with van der Waals surface area (Å²) in [7, 11) is 3.33. The SMILES string of the molecule is CCCCNC(C)=O.COC=O.Cn1cc(/C=C2\C(=O)Nc3ccccc32)c2ccccc21. The monoisotopic (exact) mass is 449 g/mol. The number of aromatic nitrogens is 1. The van der Waals surface area contributed by atoms with E-state index in [1.54, 1.807) is 0 Å². The lowest BCUT2D eigenvalue weighted by molar-refractivity contribution is -0.126. The molecule has 1 aromatic heterocycles. The number of fused-ring (bicyclic) bond motifs is 2. The topological polar surface area (TPSA) is 89.4 Å². The summed E-state index contributed by atoms with van der Waals surface area (Å²) in [4.78, 5) is 31.4. The maximum atomic E-state index is 12.2. The van der Waals surface area contributed by atoms with Crippen molar-refractivity contribution in [3.05, 3.63) is 65.9 Å². The van der Waals surface area contributed by atoms with Crippen LogP contribution in [0.25, 0.3) is 22.6 Å². The van der Waals surface area contributed by atoms with E-state index in [4.69, 9.17) is 4.79 Å². The smallest absolute Gasteiger partial charge is 0.292 e. The third-order valence-electron chi connectivity index (χ3n) is 4.94. The second-order valence-electron chi connectivity index (χ2n) is 7.44. The molecule has 0 atom stereocenters. The molecule has 0 unspecified atom stereocenters. The molecule has 2 amide bonds. The first kappa shape index (κ1) is 25.4. The number of unbranched alkanes of at least 4 members (excludes halogenated alkanes) is 1. The lowest BCUT2D eigenvalue weighted by Gasteiger charge is -1.97. The van der Waals surface area contributed by atoms with E-state index in [0.29, 0.717) is 6.47 Å². The van der Waals surface area contributed by atoms with Crippen molar-refractivity contribution < 1.29 is 19.1 Å². The summed E-state index contributed by atoms with van der Waals surface area (Å²) < 4.78 is 5.94. The molecule has 0 saturated carbocycles. The van der Waals surface area contributed by atoms with Gasteiger partial charge in [0, 0.05) is 60.0 Å². The Morgan fingerprint density at radius 3 is 2.48 bits per heavy atom. The third kappa shape index (κ3) is 7.07. The molecule has 0 spiro atoms. The Morgan fingerprint density at radius 2 is 1.82 bits per heavy atom. The molecule has 174 valence electrons. The largest absolute Gasteiger partial charge is 0.471 e. The van der Waals surface area contributed by atoms with Crippen molar-refractivity contribution >= 4 is 46.5 Å². The van der Waals surface area contributed by atoms with Crippen LogP contribution in [0.5, 0.6) is 0 Å². The van der Waals surface area contributed by atoms with E-state index in [1.165, 1.54) is 14.0 Å². The molecule has 0 fully saturated rings. The van der Waals surface area contributed by atoms with Crippen LogP contribution >= 0.6 is 0 Å². The summed E-state index contributed by atoms with van der Waals surface area (Å²) in [6.07, 6.45) is 6.26. The van der Waals surface area contributed by atoms with E-state index in [-0.39, 0.29) is 11.8 Å². The van der Waals surface area contributed by atoms with E-state index in [2.05, 4.69) is 45.2 Å². The van der Waals surface area contributed by atoms with Crippen molar-refractivity contribution in [1.29, 1.82) is 0 Å². The molecule has 1 aliphatic rings. The molecule has 4 rings (SSSR count). The number of carbonyl (C=O) groups excluding carboxylic acids is 3. The number of aryl methyl sites for hydroxylation is 1. The summed E-state index contributed by atoms with van der Waals surface area (Å²) >= 11 is 0. The van der Waals surface area contributed by atoms with Gasteiger partial charge in [-0.05, 0) is 24.6 Å². The fourth-order valence-electron chi connectivity index (χ4n) is 3.37. The van der Waals surface area contributed by atoms with Gasteiger partial charge in [-0.15, -0.1) is 0 Å². The van der Waals surface area contributed by atoms with Gasteiger partial charge in [0.2, 0.25) is 5.91 Å².